The van der Waals surface area contributed by atoms with E-state index in [1.807, 2.05) is 18.2 Å². The Labute approximate surface area is 105 Å². The Morgan fingerprint density at radius 3 is 2.83 bits per heavy atom. The van der Waals surface area contributed by atoms with E-state index in [2.05, 4.69) is 9.97 Å². The molecule has 92 valence electrons. The highest BCUT2D eigenvalue weighted by atomic mass is 16.3. The Balaban J connectivity index is 2.13. The van der Waals surface area contributed by atoms with Crippen LogP contribution in [0.2, 0.25) is 0 Å². The number of rotatable bonds is 3. The van der Waals surface area contributed by atoms with E-state index in [1.165, 1.54) is 23.4 Å². The van der Waals surface area contributed by atoms with Crippen LogP contribution in [0.25, 0.3) is 0 Å². The van der Waals surface area contributed by atoms with Crippen molar-refractivity contribution >= 4 is 5.91 Å². The molecule has 0 unspecified atom stereocenters. The maximum absolute atomic E-state index is 12.1. The van der Waals surface area contributed by atoms with Gasteiger partial charge in [-0.05, 0) is 18.2 Å². The van der Waals surface area contributed by atoms with Crippen LogP contribution >= 0.6 is 0 Å². The van der Waals surface area contributed by atoms with Gasteiger partial charge in [-0.25, -0.2) is 0 Å². The zero-order valence-electron chi connectivity index (χ0n) is 9.95. The van der Waals surface area contributed by atoms with Crippen molar-refractivity contribution in [1.82, 2.24) is 14.9 Å². The lowest BCUT2D eigenvalue weighted by Crippen LogP contribution is -2.26. The third-order valence-electron chi connectivity index (χ3n) is 2.50. The number of aromatic nitrogens is 2. The van der Waals surface area contributed by atoms with Gasteiger partial charge in [0.25, 0.3) is 5.91 Å². The Hall–Kier alpha value is -2.43. The van der Waals surface area contributed by atoms with Gasteiger partial charge in [-0.3, -0.25) is 14.8 Å². The molecule has 0 fully saturated rings. The van der Waals surface area contributed by atoms with E-state index in [-0.39, 0.29) is 17.2 Å². The Morgan fingerprint density at radius 1 is 1.33 bits per heavy atom. The van der Waals surface area contributed by atoms with E-state index in [4.69, 9.17) is 0 Å². The van der Waals surface area contributed by atoms with E-state index in [0.29, 0.717) is 6.54 Å². The number of carbonyl (C=O) groups excluding carboxylic acids is 1. The molecule has 2 rings (SSSR count). The van der Waals surface area contributed by atoms with Gasteiger partial charge < -0.3 is 10.0 Å². The first kappa shape index (κ1) is 12.0. The molecular formula is C13H13N3O2. The molecule has 18 heavy (non-hydrogen) atoms. The summed E-state index contributed by atoms with van der Waals surface area (Å²) in [6.07, 6.45) is 4.40. The highest BCUT2D eigenvalue weighted by Crippen LogP contribution is 2.16. The smallest absolute Gasteiger partial charge is 0.257 e. The summed E-state index contributed by atoms with van der Waals surface area (Å²) in [5.41, 5.74) is 1.03. The van der Waals surface area contributed by atoms with Gasteiger partial charge in [-0.2, -0.15) is 0 Å². The summed E-state index contributed by atoms with van der Waals surface area (Å²) in [4.78, 5) is 21.5. The first-order chi connectivity index (χ1) is 8.68. The summed E-state index contributed by atoms with van der Waals surface area (Å²) in [5, 5.41) is 9.57. The first-order valence-electron chi connectivity index (χ1n) is 5.47. The second kappa shape index (κ2) is 5.27. The monoisotopic (exact) mass is 243 g/mol. The molecular weight excluding hydrogens is 230 g/mol. The van der Waals surface area contributed by atoms with Crippen LogP contribution in [-0.2, 0) is 6.54 Å². The predicted molar refractivity (Wildman–Crippen MR) is 65.9 cm³/mol. The lowest BCUT2D eigenvalue weighted by molar-refractivity contribution is 0.0780. The average molecular weight is 243 g/mol. The topological polar surface area (TPSA) is 66.3 Å². The van der Waals surface area contributed by atoms with Crippen LogP contribution in [0.4, 0.5) is 0 Å². The average Bonchev–Trinajstić information content (AvgIpc) is 2.39. The van der Waals surface area contributed by atoms with E-state index in [9.17, 15) is 9.90 Å². The van der Waals surface area contributed by atoms with Crippen molar-refractivity contribution in [2.45, 2.75) is 6.54 Å². The highest BCUT2D eigenvalue weighted by molar-refractivity contribution is 5.96. The molecule has 0 radical (unpaired) electrons. The molecule has 2 aromatic rings. The van der Waals surface area contributed by atoms with Crippen LogP contribution in [0.5, 0.6) is 5.75 Å². The summed E-state index contributed by atoms with van der Waals surface area (Å²) in [6.45, 7) is 0.390. The molecule has 0 aliphatic carbocycles. The van der Waals surface area contributed by atoms with Crippen molar-refractivity contribution < 1.29 is 9.90 Å². The third-order valence-corrected chi connectivity index (χ3v) is 2.50. The maximum Gasteiger partial charge on any atom is 0.257 e. The number of hydrogen-bond donors (Lipinski definition) is 1. The second-order valence-corrected chi connectivity index (χ2v) is 3.88. The summed E-state index contributed by atoms with van der Waals surface area (Å²) >= 11 is 0. The number of nitrogens with zero attached hydrogens (tertiary/aromatic N) is 3. The van der Waals surface area contributed by atoms with Gasteiger partial charge in [0, 0.05) is 19.4 Å². The van der Waals surface area contributed by atoms with Gasteiger partial charge in [-0.15, -0.1) is 0 Å². The lowest BCUT2D eigenvalue weighted by atomic mass is 10.2. The fraction of sp³-hybridized carbons (Fsp3) is 0.154. The normalized spacial score (nSPS) is 10.1. The molecule has 0 aliphatic rings. The van der Waals surface area contributed by atoms with Gasteiger partial charge in [0.1, 0.15) is 5.75 Å². The lowest BCUT2D eigenvalue weighted by Gasteiger charge is -2.17. The Bertz CT molecular complexity index is 543. The van der Waals surface area contributed by atoms with Crippen LogP contribution in [-0.4, -0.2) is 32.9 Å². The minimum absolute atomic E-state index is 0.115. The molecule has 0 spiro atoms. The summed E-state index contributed by atoms with van der Waals surface area (Å²) in [5.74, 6) is -0.379. The molecule has 0 bridgehead atoms. The summed E-state index contributed by atoms with van der Waals surface area (Å²) < 4.78 is 0. The molecule has 2 heterocycles. The van der Waals surface area contributed by atoms with Crippen LogP contribution in [0, 0.1) is 0 Å². The molecule has 0 aromatic carbocycles. The van der Waals surface area contributed by atoms with Crippen molar-refractivity contribution in [3.63, 3.8) is 0 Å². The molecule has 0 saturated carbocycles. The molecule has 5 heteroatoms. The quantitative estimate of drug-likeness (QED) is 0.886. The summed E-state index contributed by atoms with van der Waals surface area (Å²) in [6, 6.07) is 7.02. The standard InChI is InChI=1S/C13H13N3O2/c1-16(9-10-4-2-3-6-15-10)13(18)11-5-7-14-8-12(11)17/h2-8,17H,9H2,1H3. The van der Waals surface area contributed by atoms with E-state index >= 15 is 0 Å². The SMILES string of the molecule is CN(Cc1ccccn1)C(=O)c1ccncc1O. The number of pyridine rings is 2. The van der Waals surface area contributed by atoms with E-state index in [0.717, 1.165) is 5.69 Å². The van der Waals surface area contributed by atoms with Crippen molar-refractivity contribution in [2.75, 3.05) is 7.05 Å². The van der Waals surface area contributed by atoms with Crippen LogP contribution in [0.15, 0.2) is 42.9 Å². The Kier molecular flexibility index (Phi) is 3.52. The fourth-order valence-electron chi connectivity index (χ4n) is 1.58. The van der Waals surface area contributed by atoms with E-state index < -0.39 is 0 Å². The fourth-order valence-corrected chi connectivity index (χ4v) is 1.58. The first-order valence-corrected chi connectivity index (χ1v) is 5.47. The minimum Gasteiger partial charge on any atom is -0.505 e. The van der Waals surface area contributed by atoms with Gasteiger partial charge in [0.15, 0.2) is 0 Å². The molecule has 0 aliphatic heterocycles. The van der Waals surface area contributed by atoms with Crippen LogP contribution < -0.4 is 0 Å². The van der Waals surface area contributed by atoms with Crippen molar-refractivity contribution in [3.05, 3.63) is 54.1 Å². The number of carbonyl (C=O) groups is 1. The van der Waals surface area contributed by atoms with Crippen molar-refractivity contribution in [3.8, 4) is 5.75 Å². The minimum atomic E-state index is -0.263. The second-order valence-electron chi connectivity index (χ2n) is 3.88. The van der Waals surface area contributed by atoms with Gasteiger partial charge >= 0.3 is 0 Å². The number of hydrogen-bond acceptors (Lipinski definition) is 4. The van der Waals surface area contributed by atoms with Gasteiger partial charge in [0.05, 0.1) is 24.0 Å². The zero-order valence-corrected chi connectivity index (χ0v) is 9.95. The number of aromatic hydroxyl groups is 1. The molecule has 0 atom stereocenters. The van der Waals surface area contributed by atoms with E-state index in [1.54, 1.807) is 13.2 Å². The van der Waals surface area contributed by atoms with Crippen LogP contribution in [0.1, 0.15) is 16.1 Å². The highest BCUT2D eigenvalue weighted by Gasteiger charge is 2.15. The number of amides is 1. The third kappa shape index (κ3) is 2.63. The van der Waals surface area contributed by atoms with Gasteiger partial charge in [-0.1, -0.05) is 6.07 Å². The zero-order chi connectivity index (χ0) is 13.0. The largest absolute Gasteiger partial charge is 0.505 e. The van der Waals surface area contributed by atoms with Crippen molar-refractivity contribution in [2.24, 2.45) is 0 Å². The van der Waals surface area contributed by atoms with Crippen molar-refractivity contribution in [1.29, 1.82) is 0 Å². The maximum atomic E-state index is 12.1. The molecule has 5 nitrogen and oxygen atoms in total. The molecule has 2 aromatic heterocycles. The van der Waals surface area contributed by atoms with Gasteiger partial charge in [0.2, 0.25) is 0 Å². The molecule has 1 N–H and O–H groups in total. The summed E-state index contributed by atoms with van der Waals surface area (Å²) in [7, 11) is 1.66. The Morgan fingerprint density at radius 2 is 2.17 bits per heavy atom. The molecule has 1 amide bonds. The molecule has 0 saturated heterocycles. The predicted octanol–water partition coefficient (Wildman–Crippen LogP) is 1.45. The van der Waals surface area contributed by atoms with Crippen LogP contribution in [0.3, 0.4) is 0 Å².